The molecule has 0 heterocycles. The SMILES string of the molecule is COCCOc1cccc(C(=O)NCC(=O)N(C)OC)c1. The number of benzene rings is 1. The Balaban J connectivity index is 2.54. The number of amides is 2. The fourth-order valence-electron chi connectivity index (χ4n) is 1.44. The molecule has 0 spiro atoms. The van der Waals surface area contributed by atoms with E-state index in [1.807, 2.05) is 0 Å². The minimum absolute atomic E-state index is 0.141. The molecule has 0 bridgehead atoms. The number of ether oxygens (including phenoxy) is 2. The summed E-state index contributed by atoms with van der Waals surface area (Å²) < 4.78 is 10.3. The van der Waals surface area contributed by atoms with Crippen LogP contribution in [0.2, 0.25) is 0 Å². The number of nitrogens with zero attached hydrogens (tertiary/aromatic N) is 1. The van der Waals surface area contributed by atoms with Crippen molar-refractivity contribution in [2.45, 2.75) is 0 Å². The van der Waals surface area contributed by atoms with Gasteiger partial charge in [0.2, 0.25) is 0 Å². The van der Waals surface area contributed by atoms with Crippen molar-refractivity contribution in [3.63, 3.8) is 0 Å². The van der Waals surface area contributed by atoms with Gasteiger partial charge in [0.25, 0.3) is 11.8 Å². The number of likely N-dealkylation sites (N-methyl/N-ethyl adjacent to an activating group) is 1. The van der Waals surface area contributed by atoms with Crippen LogP contribution in [0, 0.1) is 0 Å². The lowest BCUT2D eigenvalue weighted by Crippen LogP contribution is -2.37. The maximum Gasteiger partial charge on any atom is 0.265 e. The van der Waals surface area contributed by atoms with Crippen LogP contribution in [0.3, 0.4) is 0 Å². The van der Waals surface area contributed by atoms with Crippen LogP contribution in [0.5, 0.6) is 5.75 Å². The minimum atomic E-state index is -0.356. The van der Waals surface area contributed by atoms with Crippen LogP contribution in [-0.2, 0) is 14.4 Å². The molecule has 0 aliphatic heterocycles. The molecule has 0 radical (unpaired) electrons. The number of rotatable bonds is 8. The van der Waals surface area contributed by atoms with Crippen molar-refractivity contribution in [1.82, 2.24) is 10.4 Å². The molecule has 7 heteroatoms. The fourth-order valence-corrected chi connectivity index (χ4v) is 1.44. The largest absolute Gasteiger partial charge is 0.491 e. The van der Waals surface area contributed by atoms with Crippen molar-refractivity contribution in [1.29, 1.82) is 0 Å². The number of carbonyl (C=O) groups excluding carboxylic acids is 2. The Bertz CT molecular complexity index is 478. The first kappa shape index (κ1) is 16.9. The zero-order valence-corrected chi connectivity index (χ0v) is 12.4. The highest BCUT2D eigenvalue weighted by atomic mass is 16.7. The van der Waals surface area contributed by atoms with E-state index in [0.29, 0.717) is 24.5 Å². The van der Waals surface area contributed by atoms with Gasteiger partial charge in [-0.25, -0.2) is 5.06 Å². The van der Waals surface area contributed by atoms with Crippen LogP contribution in [0.4, 0.5) is 0 Å². The van der Waals surface area contributed by atoms with Gasteiger partial charge in [-0.3, -0.25) is 14.4 Å². The summed E-state index contributed by atoms with van der Waals surface area (Å²) in [6.07, 6.45) is 0. The van der Waals surface area contributed by atoms with Crippen molar-refractivity contribution in [3.05, 3.63) is 29.8 Å². The molecule has 0 unspecified atom stereocenters. The zero-order valence-electron chi connectivity index (χ0n) is 12.4. The van der Waals surface area contributed by atoms with Gasteiger partial charge in [0.05, 0.1) is 20.3 Å². The normalized spacial score (nSPS) is 10.0. The second-order valence-electron chi connectivity index (χ2n) is 4.13. The molecule has 21 heavy (non-hydrogen) atoms. The van der Waals surface area contributed by atoms with Gasteiger partial charge in [0.1, 0.15) is 12.4 Å². The highest BCUT2D eigenvalue weighted by molar-refractivity contribution is 5.96. The summed E-state index contributed by atoms with van der Waals surface area (Å²) in [6.45, 7) is 0.727. The van der Waals surface area contributed by atoms with Gasteiger partial charge in [-0.15, -0.1) is 0 Å². The van der Waals surface area contributed by atoms with Gasteiger partial charge >= 0.3 is 0 Å². The van der Waals surface area contributed by atoms with Crippen LogP contribution in [0.15, 0.2) is 24.3 Å². The third kappa shape index (κ3) is 5.80. The molecule has 0 saturated heterocycles. The Morgan fingerprint density at radius 2 is 2.00 bits per heavy atom. The second-order valence-corrected chi connectivity index (χ2v) is 4.13. The van der Waals surface area contributed by atoms with Gasteiger partial charge in [-0.2, -0.15) is 0 Å². The molecule has 0 atom stereocenters. The molecule has 1 rings (SSSR count). The van der Waals surface area contributed by atoms with E-state index in [9.17, 15) is 9.59 Å². The van der Waals surface area contributed by atoms with Crippen LogP contribution in [-0.4, -0.2) is 57.9 Å². The van der Waals surface area contributed by atoms with Crippen LogP contribution >= 0.6 is 0 Å². The second kappa shape index (κ2) is 8.93. The van der Waals surface area contributed by atoms with Crippen LogP contribution < -0.4 is 10.1 Å². The Labute approximate surface area is 123 Å². The maximum atomic E-state index is 11.9. The topological polar surface area (TPSA) is 77.1 Å². The molecular weight excluding hydrogens is 276 g/mol. The van der Waals surface area contributed by atoms with Crippen molar-refractivity contribution in [2.75, 3.05) is 41.0 Å². The van der Waals surface area contributed by atoms with E-state index in [0.717, 1.165) is 5.06 Å². The summed E-state index contributed by atoms with van der Waals surface area (Å²) in [5.41, 5.74) is 0.415. The summed E-state index contributed by atoms with van der Waals surface area (Å²) in [4.78, 5) is 28.2. The lowest BCUT2D eigenvalue weighted by atomic mass is 10.2. The Kier molecular flexibility index (Phi) is 7.20. The van der Waals surface area contributed by atoms with Gasteiger partial charge in [0, 0.05) is 19.7 Å². The molecule has 7 nitrogen and oxygen atoms in total. The molecule has 0 aromatic heterocycles. The van der Waals surface area contributed by atoms with Crippen molar-refractivity contribution < 1.29 is 23.9 Å². The zero-order chi connectivity index (χ0) is 15.7. The summed E-state index contributed by atoms with van der Waals surface area (Å²) in [6, 6.07) is 6.70. The highest BCUT2D eigenvalue weighted by Gasteiger charge is 2.11. The van der Waals surface area contributed by atoms with E-state index in [-0.39, 0.29) is 18.4 Å². The van der Waals surface area contributed by atoms with Gasteiger partial charge in [-0.05, 0) is 18.2 Å². The molecule has 2 amide bonds. The number of carbonyl (C=O) groups is 2. The minimum Gasteiger partial charge on any atom is -0.491 e. The molecule has 1 aromatic rings. The first-order valence-corrected chi connectivity index (χ1v) is 6.39. The molecule has 0 fully saturated rings. The summed E-state index contributed by atoms with van der Waals surface area (Å²) in [5.74, 6) is -0.136. The highest BCUT2D eigenvalue weighted by Crippen LogP contribution is 2.13. The van der Waals surface area contributed by atoms with Crippen molar-refractivity contribution in [2.24, 2.45) is 0 Å². The summed E-state index contributed by atoms with van der Waals surface area (Å²) in [7, 11) is 4.43. The maximum absolute atomic E-state index is 11.9. The molecule has 0 aliphatic carbocycles. The quantitative estimate of drug-likeness (QED) is 0.557. The molecule has 116 valence electrons. The first-order valence-electron chi connectivity index (χ1n) is 6.39. The lowest BCUT2D eigenvalue weighted by Gasteiger charge is -2.14. The Hall–Kier alpha value is -2.12. The number of hydroxylamine groups is 2. The fraction of sp³-hybridized carbons (Fsp3) is 0.429. The first-order chi connectivity index (χ1) is 10.1. The number of hydrogen-bond acceptors (Lipinski definition) is 5. The lowest BCUT2D eigenvalue weighted by molar-refractivity contribution is -0.167. The standard InChI is InChI=1S/C14H20N2O5/c1-16(20-3)13(17)10-15-14(18)11-5-4-6-12(9-11)21-8-7-19-2/h4-6,9H,7-8,10H2,1-3H3,(H,15,18). The molecule has 1 aromatic carbocycles. The number of nitrogens with one attached hydrogen (secondary N) is 1. The monoisotopic (exact) mass is 296 g/mol. The number of hydrogen-bond donors (Lipinski definition) is 1. The van der Waals surface area contributed by atoms with E-state index in [2.05, 4.69) is 5.32 Å². The van der Waals surface area contributed by atoms with Crippen molar-refractivity contribution >= 4 is 11.8 Å². The van der Waals surface area contributed by atoms with E-state index in [4.69, 9.17) is 14.3 Å². The third-order valence-corrected chi connectivity index (χ3v) is 2.68. The Morgan fingerprint density at radius 1 is 1.24 bits per heavy atom. The van der Waals surface area contributed by atoms with Gasteiger partial charge in [0.15, 0.2) is 0 Å². The van der Waals surface area contributed by atoms with Crippen molar-refractivity contribution in [3.8, 4) is 5.75 Å². The van der Waals surface area contributed by atoms with E-state index >= 15 is 0 Å². The molecular formula is C14H20N2O5. The van der Waals surface area contributed by atoms with Gasteiger partial charge in [-0.1, -0.05) is 6.07 Å². The van der Waals surface area contributed by atoms with Crippen LogP contribution in [0.25, 0.3) is 0 Å². The summed E-state index contributed by atoms with van der Waals surface area (Å²) in [5, 5.41) is 3.56. The average Bonchev–Trinajstić information content (AvgIpc) is 2.52. The van der Waals surface area contributed by atoms with Crippen LogP contribution in [0.1, 0.15) is 10.4 Å². The van der Waals surface area contributed by atoms with E-state index in [1.54, 1.807) is 31.4 Å². The van der Waals surface area contributed by atoms with Gasteiger partial charge < -0.3 is 14.8 Å². The summed E-state index contributed by atoms with van der Waals surface area (Å²) >= 11 is 0. The predicted molar refractivity (Wildman–Crippen MR) is 75.9 cm³/mol. The average molecular weight is 296 g/mol. The predicted octanol–water partition coefficient (Wildman–Crippen LogP) is 0.461. The van der Waals surface area contributed by atoms with E-state index < -0.39 is 0 Å². The third-order valence-electron chi connectivity index (χ3n) is 2.68. The molecule has 1 N–H and O–H groups in total. The smallest absolute Gasteiger partial charge is 0.265 e. The number of methoxy groups -OCH3 is 1. The van der Waals surface area contributed by atoms with E-state index in [1.165, 1.54) is 14.2 Å². The molecule has 0 saturated carbocycles. The molecule has 0 aliphatic rings. The Morgan fingerprint density at radius 3 is 2.67 bits per heavy atom.